The number of primary sulfonamides is 1. The normalized spacial score (nSPS) is 13.0. The number of aromatic nitrogens is 1. The third kappa shape index (κ3) is 4.05. The van der Waals surface area contributed by atoms with Gasteiger partial charge in [0.15, 0.2) is 0 Å². The molecule has 21 heavy (non-hydrogen) atoms. The van der Waals surface area contributed by atoms with E-state index in [-0.39, 0.29) is 16.6 Å². The largest absolute Gasteiger partial charge is 0.480 e. The van der Waals surface area contributed by atoms with Gasteiger partial charge in [-0.15, -0.1) is 0 Å². The summed E-state index contributed by atoms with van der Waals surface area (Å²) in [6, 6.07) is 0.857. The van der Waals surface area contributed by atoms with Crippen LogP contribution >= 0.6 is 0 Å². The standard InChI is InChI=1S/C12H19N3O5S/c1-4-8(2)15(7-11(16)17)12(18)10-5-9(6-14(10)3)21(13,19)20/h5-6,8H,4,7H2,1-3H3,(H,16,17)(H2,13,19,20). The summed E-state index contributed by atoms with van der Waals surface area (Å²) in [6.45, 7) is 3.10. The molecule has 1 atom stereocenters. The SMILES string of the molecule is CCC(C)N(CC(=O)O)C(=O)c1cc(S(N)(=O)=O)cn1C. The zero-order valence-corrected chi connectivity index (χ0v) is 12.9. The van der Waals surface area contributed by atoms with Crippen LogP contribution in [0.5, 0.6) is 0 Å². The summed E-state index contributed by atoms with van der Waals surface area (Å²) < 4.78 is 23.9. The third-order valence-electron chi connectivity index (χ3n) is 3.22. The van der Waals surface area contributed by atoms with Crippen molar-refractivity contribution >= 4 is 21.9 Å². The van der Waals surface area contributed by atoms with Gasteiger partial charge in [0.05, 0.1) is 0 Å². The fraction of sp³-hybridized carbons (Fsp3) is 0.500. The fourth-order valence-corrected chi connectivity index (χ4v) is 2.42. The molecule has 3 N–H and O–H groups in total. The van der Waals surface area contributed by atoms with Crippen LogP contribution in [0.1, 0.15) is 30.8 Å². The van der Waals surface area contributed by atoms with Gasteiger partial charge in [-0.25, -0.2) is 13.6 Å². The molecule has 1 aromatic heterocycles. The number of hydrogen-bond donors (Lipinski definition) is 2. The van der Waals surface area contributed by atoms with Gasteiger partial charge in [-0.1, -0.05) is 6.92 Å². The van der Waals surface area contributed by atoms with Crippen LogP contribution in [0.25, 0.3) is 0 Å². The summed E-state index contributed by atoms with van der Waals surface area (Å²) in [5, 5.41) is 13.9. The molecule has 1 aromatic rings. The molecule has 0 aromatic carbocycles. The summed E-state index contributed by atoms with van der Waals surface area (Å²) >= 11 is 0. The Morgan fingerprint density at radius 3 is 2.43 bits per heavy atom. The Balaban J connectivity index is 3.21. The van der Waals surface area contributed by atoms with Crippen LogP contribution < -0.4 is 5.14 Å². The van der Waals surface area contributed by atoms with Crippen LogP contribution in [-0.4, -0.2) is 47.5 Å². The van der Waals surface area contributed by atoms with Crippen molar-refractivity contribution in [3.63, 3.8) is 0 Å². The van der Waals surface area contributed by atoms with E-state index in [1.807, 2.05) is 6.92 Å². The van der Waals surface area contributed by atoms with Crippen molar-refractivity contribution < 1.29 is 23.1 Å². The smallest absolute Gasteiger partial charge is 0.323 e. The Morgan fingerprint density at radius 1 is 1.48 bits per heavy atom. The molecule has 0 fully saturated rings. The van der Waals surface area contributed by atoms with Gasteiger partial charge in [0.25, 0.3) is 5.91 Å². The van der Waals surface area contributed by atoms with Gasteiger partial charge in [-0.2, -0.15) is 0 Å². The number of hydrogen-bond acceptors (Lipinski definition) is 4. The fourth-order valence-electron chi connectivity index (χ4n) is 1.84. The molecule has 0 aliphatic carbocycles. The molecule has 0 spiro atoms. The predicted octanol–water partition coefficient (Wildman–Crippen LogP) is -0.00220. The van der Waals surface area contributed by atoms with Crippen LogP contribution in [0.3, 0.4) is 0 Å². The van der Waals surface area contributed by atoms with Gasteiger partial charge in [-0.3, -0.25) is 9.59 Å². The number of nitrogens with two attached hydrogens (primary N) is 1. The maximum absolute atomic E-state index is 12.4. The number of aryl methyl sites for hydroxylation is 1. The molecular formula is C12H19N3O5S. The average Bonchev–Trinajstić information content (AvgIpc) is 2.76. The van der Waals surface area contributed by atoms with Crippen molar-refractivity contribution in [1.29, 1.82) is 0 Å². The lowest BCUT2D eigenvalue weighted by Crippen LogP contribution is -2.42. The highest BCUT2D eigenvalue weighted by Crippen LogP contribution is 2.16. The van der Waals surface area contributed by atoms with Crippen molar-refractivity contribution in [2.75, 3.05) is 6.54 Å². The Bertz CT molecular complexity index is 650. The number of carbonyl (C=O) groups is 2. The van der Waals surface area contributed by atoms with Crippen molar-refractivity contribution in [2.45, 2.75) is 31.2 Å². The van der Waals surface area contributed by atoms with Gasteiger partial charge in [-0.05, 0) is 19.4 Å². The van der Waals surface area contributed by atoms with Crippen LogP contribution in [0.15, 0.2) is 17.2 Å². The summed E-state index contributed by atoms with van der Waals surface area (Å²) in [5.74, 6) is -1.69. The molecule has 0 aliphatic heterocycles. The van der Waals surface area contributed by atoms with Gasteiger partial charge in [0, 0.05) is 19.3 Å². The first-order valence-corrected chi connectivity index (χ1v) is 7.84. The van der Waals surface area contributed by atoms with E-state index in [1.165, 1.54) is 22.7 Å². The Morgan fingerprint density at radius 2 is 2.05 bits per heavy atom. The molecule has 1 rings (SSSR count). The molecule has 118 valence electrons. The first-order chi connectivity index (χ1) is 9.57. The number of rotatable bonds is 6. The molecule has 0 saturated carbocycles. The van der Waals surface area contributed by atoms with Crippen LogP contribution in [0.2, 0.25) is 0 Å². The zero-order chi connectivity index (χ0) is 16.4. The third-order valence-corrected chi connectivity index (χ3v) is 4.10. The lowest BCUT2D eigenvalue weighted by Gasteiger charge is -2.27. The van der Waals surface area contributed by atoms with Gasteiger partial charge in [0.1, 0.15) is 17.1 Å². The van der Waals surface area contributed by atoms with E-state index in [0.717, 1.165) is 6.07 Å². The summed E-state index contributed by atoms with van der Waals surface area (Å²) in [4.78, 5) is 24.3. The molecule has 1 heterocycles. The Labute approximate surface area is 123 Å². The van der Waals surface area contributed by atoms with E-state index in [1.54, 1.807) is 6.92 Å². The van der Waals surface area contributed by atoms with E-state index in [0.29, 0.717) is 6.42 Å². The topological polar surface area (TPSA) is 123 Å². The maximum atomic E-state index is 12.4. The maximum Gasteiger partial charge on any atom is 0.323 e. The number of nitrogens with zero attached hydrogens (tertiary/aromatic N) is 2. The number of carboxylic acids is 1. The summed E-state index contributed by atoms with van der Waals surface area (Å²) in [7, 11) is -2.42. The summed E-state index contributed by atoms with van der Waals surface area (Å²) in [5.41, 5.74) is 0.0700. The van der Waals surface area contributed by atoms with Crippen molar-refractivity contribution in [3.05, 3.63) is 18.0 Å². The number of aliphatic carboxylic acids is 1. The van der Waals surface area contributed by atoms with E-state index < -0.39 is 28.4 Å². The molecule has 0 bridgehead atoms. The zero-order valence-electron chi connectivity index (χ0n) is 12.1. The molecule has 0 aliphatic rings. The first-order valence-electron chi connectivity index (χ1n) is 6.29. The highest BCUT2D eigenvalue weighted by molar-refractivity contribution is 7.89. The van der Waals surface area contributed by atoms with Crippen LogP contribution in [0, 0.1) is 0 Å². The minimum atomic E-state index is -3.92. The monoisotopic (exact) mass is 317 g/mol. The Kier molecular flexibility index (Phi) is 5.13. The van der Waals surface area contributed by atoms with E-state index in [4.69, 9.17) is 10.2 Å². The second-order valence-corrected chi connectivity index (χ2v) is 6.36. The molecule has 8 nitrogen and oxygen atoms in total. The van der Waals surface area contributed by atoms with Gasteiger partial charge >= 0.3 is 5.97 Å². The Hall–Kier alpha value is -1.87. The molecule has 0 radical (unpaired) electrons. The minimum absolute atomic E-state index is 0.0700. The predicted molar refractivity (Wildman–Crippen MR) is 75.2 cm³/mol. The molecular weight excluding hydrogens is 298 g/mol. The average molecular weight is 317 g/mol. The van der Waals surface area contributed by atoms with E-state index in [9.17, 15) is 18.0 Å². The first kappa shape index (κ1) is 17.2. The van der Waals surface area contributed by atoms with E-state index >= 15 is 0 Å². The number of carboxylic acid groups (broad SMARTS) is 1. The molecule has 0 saturated heterocycles. The van der Waals surface area contributed by atoms with Crippen molar-refractivity contribution in [2.24, 2.45) is 12.2 Å². The second kappa shape index (κ2) is 6.27. The summed E-state index contributed by atoms with van der Waals surface area (Å²) in [6.07, 6.45) is 1.80. The van der Waals surface area contributed by atoms with Crippen molar-refractivity contribution in [3.8, 4) is 0 Å². The van der Waals surface area contributed by atoms with Gasteiger partial charge in [0.2, 0.25) is 10.0 Å². The quantitative estimate of drug-likeness (QED) is 0.764. The minimum Gasteiger partial charge on any atom is -0.480 e. The van der Waals surface area contributed by atoms with Crippen LogP contribution in [0.4, 0.5) is 0 Å². The molecule has 1 amide bonds. The highest BCUT2D eigenvalue weighted by Gasteiger charge is 2.26. The number of sulfonamides is 1. The second-order valence-electron chi connectivity index (χ2n) is 4.80. The van der Waals surface area contributed by atoms with Gasteiger partial charge < -0.3 is 14.6 Å². The lowest BCUT2D eigenvalue weighted by molar-refractivity contribution is -0.138. The molecule has 1 unspecified atom stereocenters. The van der Waals surface area contributed by atoms with Crippen molar-refractivity contribution in [1.82, 2.24) is 9.47 Å². The lowest BCUT2D eigenvalue weighted by atomic mass is 10.2. The molecule has 9 heteroatoms. The number of carbonyl (C=O) groups excluding carboxylic acids is 1. The highest BCUT2D eigenvalue weighted by atomic mass is 32.2. The van der Waals surface area contributed by atoms with Crippen LogP contribution in [-0.2, 0) is 21.9 Å². The van der Waals surface area contributed by atoms with E-state index in [2.05, 4.69) is 0 Å². The number of amides is 1.